The summed E-state index contributed by atoms with van der Waals surface area (Å²) >= 11 is 6.47. The molecule has 0 spiro atoms. The van der Waals surface area contributed by atoms with Crippen LogP contribution in [0.25, 0.3) is 44.5 Å². The monoisotopic (exact) mass is 657 g/mol. The van der Waals surface area contributed by atoms with Crippen LogP contribution in [0.2, 0.25) is 5.02 Å². The Morgan fingerprint density at radius 1 is 0.935 bits per heavy atom. The highest BCUT2D eigenvalue weighted by Crippen LogP contribution is 2.44. The third kappa shape index (κ3) is 5.27. The molecule has 0 saturated carbocycles. The molecule has 2 heterocycles. The first-order valence-corrected chi connectivity index (χ1v) is 15.3. The second kappa shape index (κ2) is 11.8. The normalized spacial score (nSPS) is 11.6. The Labute approximate surface area is 265 Å². The van der Waals surface area contributed by atoms with Crippen molar-refractivity contribution in [3.8, 4) is 39.7 Å². The van der Waals surface area contributed by atoms with Crippen molar-refractivity contribution in [2.45, 2.75) is 11.3 Å². The van der Waals surface area contributed by atoms with Gasteiger partial charge in [0.05, 0.1) is 32.9 Å². The summed E-state index contributed by atoms with van der Waals surface area (Å²) in [7, 11) is -4.56. The smallest absolute Gasteiger partial charge is 0.335 e. The van der Waals surface area contributed by atoms with Crippen LogP contribution in [0.5, 0.6) is 0 Å². The maximum atomic E-state index is 14.8. The van der Waals surface area contributed by atoms with E-state index in [-0.39, 0.29) is 54.5 Å². The quantitative estimate of drug-likeness (QED) is 0.184. The van der Waals surface area contributed by atoms with Crippen molar-refractivity contribution in [3.05, 3.63) is 131 Å². The van der Waals surface area contributed by atoms with Gasteiger partial charge in [-0.3, -0.25) is 4.98 Å². The fraction of sp³-hybridized carbons (Fsp3) is 0.0294. The van der Waals surface area contributed by atoms with Crippen LogP contribution in [0, 0.1) is 17.1 Å². The maximum Gasteiger partial charge on any atom is 0.335 e. The second-order valence-corrected chi connectivity index (χ2v) is 12.3. The average Bonchev–Trinajstić information content (AvgIpc) is 3.39. The third-order valence-electron chi connectivity index (χ3n) is 7.38. The summed E-state index contributed by atoms with van der Waals surface area (Å²) in [5.74, 6) is -1.84. The van der Waals surface area contributed by atoms with Gasteiger partial charge in [-0.15, -0.1) is 0 Å². The van der Waals surface area contributed by atoms with Gasteiger partial charge in [-0.2, -0.15) is 5.26 Å². The van der Waals surface area contributed by atoms with Crippen LogP contribution in [0.15, 0.2) is 108 Å². The first kappa shape index (κ1) is 30.6. The summed E-state index contributed by atoms with van der Waals surface area (Å²) in [6.07, 6.45) is -1.40. The number of nitriles is 1. The van der Waals surface area contributed by atoms with Gasteiger partial charge in [0.2, 0.25) is 0 Å². The van der Waals surface area contributed by atoms with Crippen LogP contribution in [0.3, 0.4) is 0 Å². The van der Waals surface area contributed by atoms with Gasteiger partial charge in [0.15, 0.2) is 0 Å². The molecule has 7 nitrogen and oxygen atoms in total. The molecule has 0 unspecified atom stereocenters. The van der Waals surface area contributed by atoms with Gasteiger partial charge in [0, 0.05) is 38.9 Å². The summed E-state index contributed by atoms with van der Waals surface area (Å²) < 4.78 is 71.3. The van der Waals surface area contributed by atoms with Crippen molar-refractivity contribution in [2.75, 3.05) is 0 Å². The minimum atomic E-state index is -4.56. The number of carboxylic acid groups (broad SMARTS) is 1. The highest BCUT2D eigenvalue weighted by molar-refractivity contribution is 7.90. The van der Waals surface area contributed by atoms with E-state index in [0.29, 0.717) is 16.7 Å². The Bertz CT molecular complexity index is 2330. The van der Waals surface area contributed by atoms with Crippen molar-refractivity contribution < 1.29 is 31.5 Å². The van der Waals surface area contributed by atoms with Crippen LogP contribution in [0.4, 0.5) is 13.2 Å². The summed E-state index contributed by atoms with van der Waals surface area (Å²) in [5.41, 5.74) is 1.23. The number of carbonyl (C=O) groups is 1. The second-order valence-electron chi connectivity index (χ2n) is 10.1. The van der Waals surface area contributed by atoms with Gasteiger partial charge in [0.25, 0.3) is 16.4 Å². The third-order valence-corrected chi connectivity index (χ3v) is 9.43. The number of carboxylic acids is 1. The van der Waals surface area contributed by atoms with Crippen molar-refractivity contribution in [1.82, 2.24) is 8.96 Å². The zero-order valence-corrected chi connectivity index (χ0v) is 24.9. The number of fused-ring (bicyclic) bond motifs is 1. The van der Waals surface area contributed by atoms with E-state index in [1.165, 1.54) is 42.6 Å². The van der Waals surface area contributed by atoms with Crippen LogP contribution in [0.1, 0.15) is 27.9 Å². The van der Waals surface area contributed by atoms with Crippen LogP contribution in [-0.2, 0) is 10.0 Å². The SMILES string of the molecule is N#Cc1cccnc1-c1c(-c2cccc(-c3ccc(C(=O)O)cc3Cl)c2)n(S(=O)(=O)c2ccc(C(F)F)cc2)c2ccc(F)cc12. The van der Waals surface area contributed by atoms with Crippen molar-refractivity contribution in [3.63, 3.8) is 0 Å². The van der Waals surface area contributed by atoms with Crippen LogP contribution >= 0.6 is 11.6 Å². The average molecular weight is 658 g/mol. The predicted octanol–water partition coefficient (Wildman–Crippen LogP) is 8.57. The molecule has 228 valence electrons. The van der Waals surface area contributed by atoms with Crippen LogP contribution < -0.4 is 0 Å². The van der Waals surface area contributed by atoms with E-state index in [4.69, 9.17) is 11.6 Å². The van der Waals surface area contributed by atoms with E-state index in [9.17, 15) is 36.8 Å². The number of halogens is 4. The summed E-state index contributed by atoms with van der Waals surface area (Å²) in [6.45, 7) is 0. The molecule has 1 N–H and O–H groups in total. The molecular formula is C34H19ClF3N3O4S. The number of rotatable bonds is 7. The number of pyridine rings is 1. The van der Waals surface area contributed by atoms with E-state index in [1.807, 2.05) is 0 Å². The van der Waals surface area contributed by atoms with Crippen LogP contribution in [-0.4, -0.2) is 28.5 Å². The fourth-order valence-electron chi connectivity index (χ4n) is 5.29. The number of hydrogen-bond acceptors (Lipinski definition) is 5. The van der Waals surface area contributed by atoms with Crippen molar-refractivity contribution >= 4 is 38.5 Å². The highest BCUT2D eigenvalue weighted by atomic mass is 35.5. The Kier molecular flexibility index (Phi) is 7.85. The largest absolute Gasteiger partial charge is 0.478 e. The molecule has 0 aliphatic rings. The molecule has 0 saturated heterocycles. The highest BCUT2D eigenvalue weighted by Gasteiger charge is 2.31. The van der Waals surface area contributed by atoms with Gasteiger partial charge in [-0.1, -0.05) is 48.0 Å². The van der Waals surface area contributed by atoms with Crippen molar-refractivity contribution in [2.24, 2.45) is 0 Å². The Balaban J connectivity index is 1.72. The van der Waals surface area contributed by atoms with Gasteiger partial charge in [-0.25, -0.2) is 30.4 Å². The number of hydrogen-bond donors (Lipinski definition) is 1. The molecule has 0 atom stereocenters. The summed E-state index contributed by atoms with van der Waals surface area (Å²) in [6, 6.07) is 23.5. The van der Waals surface area contributed by atoms with E-state index >= 15 is 0 Å². The Morgan fingerprint density at radius 2 is 1.67 bits per heavy atom. The molecule has 0 radical (unpaired) electrons. The molecule has 0 bridgehead atoms. The lowest BCUT2D eigenvalue weighted by Gasteiger charge is -2.15. The zero-order chi connectivity index (χ0) is 32.7. The molecule has 6 rings (SSSR count). The Morgan fingerprint density at radius 3 is 2.35 bits per heavy atom. The van der Waals surface area contributed by atoms with E-state index in [2.05, 4.69) is 11.1 Å². The molecule has 2 aromatic heterocycles. The Hall–Kier alpha value is -5.44. The molecule has 46 heavy (non-hydrogen) atoms. The molecule has 0 aliphatic carbocycles. The predicted molar refractivity (Wildman–Crippen MR) is 167 cm³/mol. The number of aromatic carboxylic acids is 1. The standard InChI is InChI=1S/C34H19ClF3N3O4S/c35-28-16-22(34(42)43)8-12-26(28)20-3-1-4-21(15-20)32-30(31-23(18-39)5-2-14-40-31)27-17-24(36)9-13-29(27)41(32)46(44,45)25-10-6-19(7-11-25)33(37)38/h1-17,33H,(H,42,43). The minimum Gasteiger partial charge on any atom is -0.478 e. The molecular weight excluding hydrogens is 639 g/mol. The van der Waals surface area contributed by atoms with E-state index in [1.54, 1.807) is 24.3 Å². The maximum absolute atomic E-state index is 14.8. The number of aromatic nitrogens is 2. The lowest BCUT2D eigenvalue weighted by atomic mass is 9.96. The first-order chi connectivity index (χ1) is 22.0. The lowest BCUT2D eigenvalue weighted by Crippen LogP contribution is -2.14. The number of alkyl halides is 2. The first-order valence-electron chi connectivity index (χ1n) is 13.5. The van der Waals surface area contributed by atoms with Gasteiger partial charge in [-0.05, 0) is 66.2 Å². The molecule has 0 fully saturated rings. The number of benzene rings is 4. The van der Waals surface area contributed by atoms with Gasteiger partial charge in [0.1, 0.15) is 11.9 Å². The van der Waals surface area contributed by atoms with E-state index < -0.39 is 28.2 Å². The summed E-state index contributed by atoms with van der Waals surface area (Å²) in [4.78, 5) is 15.5. The van der Waals surface area contributed by atoms with Gasteiger partial charge >= 0.3 is 5.97 Å². The number of nitrogens with zero attached hydrogens (tertiary/aromatic N) is 3. The minimum absolute atomic E-state index is 0.0221. The molecule has 12 heteroatoms. The fourth-order valence-corrected chi connectivity index (χ4v) is 7.12. The van der Waals surface area contributed by atoms with Crippen molar-refractivity contribution in [1.29, 1.82) is 5.26 Å². The summed E-state index contributed by atoms with van der Waals surface area (Å²) in [5, 5.41) is 19.6. The molecule has 6 aromatic rings. The van der Waals surface area contributed by atoms with E-state index in [0.717, 1.165) is 40.4 Å². The van der Waals surface area contributed by atoms with Gasteiger partial charge < -0.3 is 5.11 Å². The topological polar surface area (TPSA) is 113 Å². The molecule has 0 aliphatic heterocycles. The zero-order valence-electron chi connectivity index (χ0n) is 23.3. The molecule has 0 amide bonds. The lowest BCUT2D eigenvalue weighted by molar-refractivity contribution is 0.0697. The molecule has 4 aromatic carbocycles.